The Kier molecular flexibility index (Phi) is 4.88. The fourth-order valence-corrected chi connectivity index (χ4v) is 2.03. The summed E-state index contributed by atoms with van der Waals surface area (Å²) in [5.74, 6) is 0.0306. The molecule has 0 unspecified atom stereocenters. The quantitative estimate of drug-likeness (QED) is 0.831. The molecule has 0 radical (unpaired) electrons. The lowest BCUT2D eigenvalue weighted by Gasteiger charge is -2.09. The van der Waals surface area contributed by atoms with Gasteiger partial charge in [0.15, 0.2) is 12.4 Å². The van der Waals surface area contributed by atoms with Gasteiger partial charge in [0.1, 0.15) is 0 Å². The van der Waals surface area contributed by atoms with Gasteiger partial charge in [-0.1, -0.05) is 37.3 Å². The Morgan fingerprint density at radius 1 is 1.10 bits per heavy atom. The minimum Gasteiger partial charge on any atom is -0.346 e. The number of aromatic nitrogens is 1. The number of aryl methyl sites for hydroxylation is 1. The van der Waals surface area contributed by atoms with Crippen LogP contribution in [-0.4, -0.2) is 5.91 Å². The molecule has 104 valence electrons. The minimum atomic E-state index is -0.204. The van der Waals surface area contributed by atoms with Crippen molar-refractivity contribution in [1.82, 2.24) is 5.32 Å². The second-order valence-electron chi connectivity index (χ2n) is 4.89. The molecule has 0 fully saturated rings. The SMILES string of the molecule is CCc1cc[n+]([C@@H](C)C(=O)NCc2ccccc2)cc1. The molecular formula is C17H21N2O+. The Hall–Kier alpha value is -2.16. The molecule has 1 amide bonds. The molecule has 0 aliphatic heterocycles. The van der Waals surface area contributed by atoms with Crippen LogP contribution >= 0.6 is 0 Å². The highest BCUT2D eigenvalue weighted by Gasteiger charge is 2.20. The lowest BCUT2D eigenvalue weighted by atomic mass is 10.2. The van der Waals surface area contributed by atoms with E-state index in [4.69, 9.17) is 0 Å². The number of nitrogens with zero attached hydrogens (tertiary/aromatic N) is 1. The first-order valence-corrected chi connectivity index (χ1v) is 7.02. The molecule has 1 aromatic heterocycles. The molecule has 20 heavy (non-hydrogen) atoms. The summed E-state index contributed by atoms with van der Waals surface area (Å²) >= 11 is 0. The van der Waals surface area contributed by atoms with E-state index in [2.05, 4.69) is 24.4 Å². The molecule has 0 aliphatic rings. The number of nitrogens with one attached hydrogen (secondary N) is 1. The van der Waals surface area contributed by atoms with E-state index in [1.54, 1.807) is 0 Å². The molecule has 3 heteroatoms. The van der Waals surface area contributed by atoms with Gasteiger partial charge >= 0.3 is 0 Å². The van der Waals surface area contributed by atoms with Crippen molar-refractivity contribution < 1.29 is 9.36 Å². The smallest absolute Gasteiger partial charge is 0.289 e. The molecule has 3 nitrogen and oxygen atoms in total. The third kappa shape index (κ3) is 3.67. The van der Waals surface area contributed by atoms with Crippen molar-refractivity contribution >= 4 is 5.91 Å². The van der Waals surface area contributed by atoms with Crippen LogP contribution in [0.2, 0.25) is 0 Å². The molecule has 0 aliphatic carbocycles. The Bertz CT molecular complexity index is 549. The number of benzene rings is 1. The van der Waals surface area contributed by atoms with Crippen molar-refractivity contribution in [3.8, 4) is 0 Å². The highest BCUT2D eigenvalue weighted by molar-refractivity contribution is 5.78. The molecule has 0 spiro atoms. The van der Waals surface area contributed by atoms with Crippen LogP contribution in [0.4, 0.5) is 0 Å². The van der Waals surface area contributed by atoms with Gasteiger partial charge < -0.3 is 5.32 Å². The number of hydrogen-bond acceptors (Lipinski definition) is 1. The van der Waals surface area contributed by atoms with Crippen molar-refractivity contribution in [2.24, 2.45) is 0 Å². The number of carbonyl (C=O) groups is 1. The highest BCUT2D eigenvalue weighted by Crippen LogP contribution is 2.01. The van der Waals surface area contributed by atoms with Gasteiger partial charge in [-0.15, -0.1) is 0 Å². The maximum absolute atomic E-state index is 12.1. The van der Waals surface area contributed by atoms with Crippen LogP contribution in [0.1, 0.15) is 31.0 Å². The maximum atomic E-state index is 12.1. The average Bonchev–Trinajstić information content (AvgIpc) is 2.53. The summed E-state index contributed by atoms with van der Waals surface area (Å²) in [5.41, 5.74) is 2.39. The van der Waals surface area contributed by atoms with E-state index in [0.29, 0.717) is 6.54 Å². The summed E-state index contributed by atoms with van der Waals surface area (Å²) in [5, 5.41) is 2.97. The first kappa shape index (κ1) is 14.3. The van der Waals surface area contributed by atoms with E-state index >= 15 is 0 Å². The van der Waals surface area contributed by atoms with Gasteiger partial charge in [-0.25, -0.2) is 0 Å². The van der Waals surface area contributed by atoms with Gasteiger partial charge in [0.25, 0.3) is 5.91 Å². The van der Waals surface area contributed by atoms with Crippen molar-refractivity contribution in [3.63, 3.8) is 0 Å². The van der Waals surface area contributed by atoms with Crippen molar-refractivity contribution in [2.45, 2.75) is 32.9 Å². The van der Waals surface area contributed by atoms with Crippen LogP contribution in [-0.2, 0) is 17.8 Å². The Balaban J connectivity index is 1.94. The Labute approximate surface area is 120 Å². The van der Waals surface area contributed by atoms with Crippen molar-refractivity contribution in [1.29, 1.82) is 0 Å². The van der Waals surface area contributed by atoms with Crippen molar-refractivity contribution in [2.75, 3.05) is 0 Å². The first-order chi connectivity index (χ1) is 9.70. The molecule has 0 bridgehead atoms. The molecular weight excluding hydrogens is 248 g/mol. The fourth-order valence-electron chi connectivity index (χ4n) is 2.03. The van der Waals surface area contributed by atoms with Crippen molar-refractivity contribution in [3.05, 3.63) is 66.0 Å². The summed E-state index contributed by atoms with van der Waals surface area (Å²) < 4.78 is 1.93. The van der Waals surface area contributed by atoms with Crippen LogP contribution in [0.3, 0.4) is 0 Å². The molecule has 1 aromatic carbocycles. The lowest BCUT2D eigenvalue weighted by molar-refractivity contribution is -0.706. The third-order valence-electron chi connectivity index (χ3n) is 3.47. The predicted octanol–water partition coefficient (Wildman–Crippen LogP) is 2.41. The van der Waals surface area contributed by atoms with E-state index in [1.165, 1.54) is 5.56 Å². The van der Waals surface area contributed by atoms with Crippen LogP contribution in [0.25, 0.3) is 0 Å². The molecule has 1 heterocycles. The van der Waals surface area contributed by atoms with Gasteiger partial charge in [-0.2, -0.15) is 4.57 Å². The van der Waals surface area contributed by atoms with Crippen LogP contribution in [0, 0.1) is 0 Å². The van der Waals surface area contributed by atoms with Gasteiger partial charge in [0.05, 0.1) is 0 Å². The maximum Gasteiger partial charge on any atom is 0.289 e. The number of pyridine rings is 1. The average molecular weight is 269 g/mol. The second-order valence-corrected chi connectivity index (χ2v) is 4.89. The molecule has 0 saturated heterocycles. The first-order valence-electron chi connectivity index (χ1n) is 7.02. The van der Waals surface area contributed by atoms with E-state index < -0.39 is 0 Å². The lowest BCUT2D eigenvalue weighted by Crippen LogP contribution is -2.46. The number of hydrogen-bond donors (Lipinski definition) is 1. The fraction of sp³-hybridized carbons (Fsp3) is 0.294. The number of rotatable bonds is 5. The van der Waals surface area contributed by atoms with Crippen LogP contribution in [0.5, 0.6) is 0 Å². The summed E-state index contributed by atoms with van der Waals surface area (Å²) in [7, 11) is 0. The van der Waals surface area contributed by atoms with Gasteiger partial charge in [0.2, 0.25) is 6.04 Å². The van der Waals surface area contributed by atoms with Crippen LogP contribution in [0.15, 0.2) is 54.9 Å². The van der Waals surface area contributed by atoms with E-state index in [-0.39, 0.29) is 11.9 Å². The molecule has 2 aromatic rings. The zero-order chi connectivity index (χ0) is 14.4. The van der Waals surface area contributed by atoms with E-state index in [9.17, 15) is 4.79 Å². The van der Waals surface area contributed by atoms with Crippen LogP contribution < -0.4 is 9.88 Å². The summed E-state index contributed by atoms with van der Waals surface area (Å²) in [6, 6.07) is 13.8. The normalized spacial score (nSPS) is 11.9. The topological polar surface area (TPSA) is 33.0 Å². The summed E-state index contributed by atoms with van der Waals surface area (Å²) in [6.07, 6.45) is 4.94. The molecule has 0 saturated carbocycles. The molecule has 2 rings (SSSR count). The minimum absolute atomic E-state index is 0.0306. The van der Waals surface area contributed by atoms with Gasteiger partial charge in [-0.05, 0) is 17.5 Å². The standard InChI is InChI=1S/C17H20N2O/c1-3-15-9-11-19(12-10-15)14(2)17(20)18-13-16-7-5-4-6-8-16/h4-12,14H,3,13H2,1-2H3/p+1/t14-/m0/s1. The predicted molar refractivity (Wildman–Crippen MR) is 79.0 cm³/mol. The van der Waals surface area contributed by atoms with E-state index in [1.807, 2.05) is 54.2 Å². The number of amides is 1. The summed E-state index contributed by atoms with van der Waals surface area (Å²) in [4.78, 5) is 12.1. The third-order valence-corrected chi connectivity index (χ3v) is 3.47. The molecule has 1 N–H and O–H groups in total. The highest BCUT2D eigenvalue weighted by atomic mass is 16.2. The zero-order valence-electron chi connectivity index (χ0n) is 12.0. The Morgan fingerprint density at radius 2 is 1.75 bits per heavy atom. The second kappa shape index (κ2) is 6.85. The monoisotopic (exact) mass is 269 g/mol. The number of carbonyl (C=O) groups excluding carboxylic acids is 1. The molecule has 1 atom stereocenters. The van der Waals surface area contributed by atoms with Gasteiger partial charge in [-0.3, -0.25) is 4.79 Å². The van der Waals surface area contributed by atoms with E-state index in [0.717, 1.165) is 12.0 Å². The Morgan fingerprint density at radius 3 is 2.35 bits per heavy atom. The summed E-state index contributed by atoms with van der Waals surface area (Å²) in [6.45, 7) is 4.60. The van der Waals surface area contributed by atoms with Gasteiger partial charge in [0, 0.05) is 25.6 Å². The zero-order valence-corrected chi connectivity index (χ0v) is 12.0. The largest absolute Gasteiger partial charge is 0.346 e.